The van der Waals surface area contributed by atoms with Gasteiger partial charge in [-0.25, -0.2) is 0 Å². The van der Waals surface area contributed by atoms with Gasteiger partial charge >= 0.3 is 0 Å². The smallest absolute Gasteiger partial charge is 0.161 e. The molecule has 1 heterocycles. The molecule has 0 aromatic heterocycles. The van der Waals surface area contributed by atoms with Crippen LogP contribution in [0.1, 0.15) is 19.4 Å². The van der Waals surface area contributed by atoms with Crippen LogP contribution >= 0.6 is 12.4 Å². The number of piperazine rings is 1. The fourth-order valence-electron chi connectivity index (χ4n) is 2.32. The summed E-state index contributed by atoms with van der Waals surface area (Å²) in [4.78, 5) is 2.46. The van der Waals surface area contributed by atoms with Crippen LogP contribution in [0.25, 0.3) is 0 Å². The van der Waals surface area contributed by atoms with Crippen molar-refractivity contribution >= 4 is 12.4 Å². The second-order valence-corrected chi connectivity index (χ2v) is 4.67. The van der Waals surface area contributed by atoms with Crippen LogP contribution in [0.4, 0.5) is 0 Å². The summed E-state index contributed by atoms with van der Waals surface area (Å²) >= 11 is 0. The molecule has 0 bridgehead atoms. The van der Waals surface area contributed by atoms with Gasteiger partial charge in [0.15, 0.2) is 11.5 Å². The lowest BCUT2D eigenvalue weighted by Crippen LogP contribution is -2.42. The minimum atomic E-state index is 0. The lowest BCUT2D eigenvalue weighted by molar-refractivity contribution is 0.232. The van der Waals surface area contributed by atoms with Crippen molar-refractivity contribution in [2.24, 2.45) is 0 Å². The van der Waals surface area contributed by atoms with E-state index in [4.69, 9.17) is 9.47 Å². The first-order valence-corrected chi connectivity index (χ1v) is 7.15. The van der Waals surface area contributed by atoms with Crippen LogP contribution in [0, 0.1) is 0 Å². The number of benzene rings is 1. The first kappa shape index (κ1) is 17.1. The molecule has 1 aliphatic heterocycles. The average molecular weight is 301 g/mol. The number of rotatable bonds is 6. The van der Waals surface area contributed by atoms with E-state index in [-0.39, 0.29) is 12.4 Å². The van der Waals surface area contributed by atoms with E-state index in [0.717, 1.165) is 44.2 Å². The predicted molar refractivity (Wildman–Crippen MR) is 84.2 cm³/mol. The van der Waals surface area contributed by atoms with Crippen LogP contribution in [0.2, 0.25) is 0 Å². The third-order valence-electron chi connectivity index (χ3n) is 3.22. The van der Waals surface area contributed by atoms with Crippen molar-refractivity contribution in [3.05, 3.63) is 23.8 Å². The first-order valence-electron chi connectivity index (χ1n) is 7.15. The highest BCUT2D eigenvalue weighted by Crippen LogP contribution is 2.29. The average Bonchev–Trinajstić information content (AvgIpc) is 2.43. The molecule has 0 radical (unpaired) electrons. The van der Waals surface area contributed by atoms with Gasteiger partial charge in [-0.2, -0.15) is 0 Å². The normalized spacial score (nSPS) is 15.5. The lowest BCUT2D eigenvalue weighted by atomic mass is 10.1. The van der Waals surface area contributed by atoms with E-state index in [2.05, 4.69) is 22.3 Å². The summed E-state index contributed by atoms with van der Waals surface area (Å²) in [5, 5.41) is 3.37. The summed E-state index contributed by atoms with van der Waals surface area (Å²) in [6.07, 6.45) is 0. The van der Waals surface area contributed by atoms with Crippen molar-refractivity contribution < 1.29 is 9.47 Å². The molecule has 1 N–H and O–H groups in total. The molecule has 0 unspecified atom stereocenters. The van der Waals surface area contributed by atoms with Gasteiger partial charge in [-0.15, -0.1) is 12.4 Å². The van der Waals surface area contributed by atoms with Gasteiger partial charge < -0.3 is 14.8 Å². The van der Waals surface area contributed by atoms with Gasteiger partial charge in [-0.1, -0.05) is 6.07 Å². The molecule has 114 valence electrons. The van der Waals surface area contributed by atoms with Crippen molar-refractivity contribution in [1.29, 1.82) is 0 Å². The lowest BCUT2D eigenvalue weighted by Gasteiger charge is -2.27. The van der Waals surface area contributed by atoms with Gasteiger partial charge in [0.25, 0.3) is 0 Å². The summed E-state index contributed by atoms with van der Waals surface area (Å²) < 4.78 is 11.2. The topological polar surface area (TPSA) is 33.7 Å². The maximum absolute atomic E-state index is 5.66. The molecule has 1 aliphatic rings. The quantitative estimate of drug-likeness (QED) is 0.874. The zero-order chi connectivity index (χ0) is 13.5. The number of halogens is 1. The van der Waals surface area contributed by atoms with Gasteiger partial charge in [0.05, 0.1) is 13.2 Å². The van der Waals surface area contributed by atoms with E-state index in [1.54, 1.807) is 0 Å². The van der Waals surface area contributed by atoms with Crippen molar-refractivity contribution in [3.63, 3.8) is 0 Å². The van der Waals surface area contributed by atoms with Crippen LogP contribution < -0.4 is 14.8 Å². The van der Waals surface area contributed by atoms with E-state index in [1.165, 1.54) is 5.56 Å². The zero-order valence-corrected chi connectivity index (χ0v) is 13.2. The molecule has 0 aliphatic carbocycles. The molecule has 1 aromatic carbocycles. The summed E-state index contributed by atoms with van der Waals surface area (Å²) in [7, 11) is 0. The molecule has 1 fully saturated rings. The monoisotopic (exact) mass is 300 g/mol. The van der Waals surface area contributed by atoms with E-state index in [9.17, 15) is 0 Å². The summed E-state index contributed by atoms with van der Waals surface area (Å²) in [6.45, 7) is 10.7. The van der Waals surface area contributed by atoms with Gasteiger partial charge in [0.1, 0.15) is 0 Å². The van der Waals surface area contributed by atoms with Crippen molar-refractivity contribution in [1.82, 2.24) is 10.2 Å². The number of nitrogens with zero attached hydrogens (tertiary/aromatic N) is 1. The first-order chi connectivity index (χ1) is 9.33. The maximum Gasteiger partial charge on any atom is 0.161 e. The highest BCUT2D eigenvalue weighted by molar-refractivity contribution is 5.85. The molecule has 1 aromatic rings. The third-order valence-corrected chi connectivity index (χ3v) is 3.22. The Labute approximate surface area is 127 Å². The van der Waals surface area contributed by atoms with E-state index >= 15 is 0 Å². The SMILES string of the molecule is CCOc1ccc(CN2CCNCC2)cc1OCC.Cl. The Kier molecular flexibility index (Phi) is 7.73. The van der Waals surface area contributed by atoms with Crippen molar-refractivity contribution in [2.45, 2.75) is 20.4 Å². The molecule has 2 rings (SSSR count). The Balaban J connectivity index is 0.00000200. The highest BCUT2D eigenvalue weighted by atomic mass is 35.5. The second-order valence-electron chi connectivity index (χ2n) is 4.67. The van der Waals surface area contributed by atoms with E-state index in [1.807, 2.05) is 19.9 Å². The van der Waals surface area contributed by atoms with E-state index < -0.39 is 0 Å². The highest BCUT2D eigenvalue weighted by Gasteiger charge is 2.12. The molecular weight excluding hydrogens is 276 g/mol. The van der Waals surface area contributed by atoms with Gasteiger partial charge in [0.2, 0.25) is 0 Å². The summed E-state index contributed by atoms with van der Waals surface area (Å²) in [6, 6.07) is 6.26. The Bertz CT molecular complexity index is 395. The minimum Gasteiger partial charge on any atom is -0.490 e. The Hall–Kier alpha value is -0.970. The molecule has 0 spiro atoms. The Morgan fingerprint density at radius 3 is 2.35 bits per heavy atom. The maximum atomic E-state index is 5.66. The van der Waals surface area contributed by atoms with E-state index in [0.29, 0.717) is 13.2 Å². The summed E-state index contributed by atoms with van der Waals surface area (Å²) in [5.41, 5.74) is 1.29. The Morgan fingerprint density at radius 2 is 1.70 bits per heavy atom. The largest absolute Gasteiger partial charge is 0.490 e. The van der Waals surface area contributed by atoms with Gasteiger partial charge in [0, 0.05) is 32.7 Å². The fraction of sp³-hybridized carbons (Fsp3) is 0.600. The fourth-order valence-corrected chi connectivity index (χ4v) is 2.32. The second kappa shape index (κ2) is 9.06. The molecule has 1 saturated heterocycles. The molecule has 0 atom stereocenters. The van der Waals surface area contributed by atoms with Crippen LogP contribution in [-0.2, 0) is 6.54 Å². The minimum absolute atomic E-state index is 0. The van der Waals surface area contributed by atoms with Gasteiger partial charge in [-0.3, -0.25) is 4.90 Å². The van der Waals surface area contributed by atoms with Crippen molar-refractivity contribution in [3.8, 4) is 11.5 Å². The van der Waals surface area contributed by atoms with Crippen LogP contribution in [0.5, 0.6) is 11.5 Å². The molecule has 0 amide bonds. The predicted octanol–water partition coefficient (Wildman–Crippen LogP) is 2.31. The zero-order valence-electron chi connectivity index (χ0n) is 12.4. The molecule has 0 saturated carbocycles. The number of hydrogen-bond acceptors (Lipinski definition) is 4. The molecular formula is C15H25ClN2O2. The Morgan fingerprint density at radius 1 is 1.05 bits per heavy atom. The molecule has 4 nitrogen and oxygen atoms in total. The molecule has 20 heavy (non-hydrogen) atoms. The number of hydrogen-bond donors (Lipinski definition) is 1. The van der Waals surface area contributed by atoms with Crippen LogP contribution in [-0.4, -0.2) is 44.3 Å². The van der Waals surface area contributed by atoms with Crippen molar-refractivity contribution in [2.75, 3.05) is 39.4 Å². The van der Waals surface area contributed by atoms with Crippen LogP contribution in [0.3, 0.4) is 0 Å². The number of ether oxygens (including phenoxy) is 2. The summed E-state index contributed by atoms with van der Waals surface area (Å²) in [5.74, 6) is 1.70. The standard InChI is InChI=1S/C15H24N2O2.ClH/c1-3-18-14-6-5-13(11-15(14)19-4-2)12-17-9-7-16-8-10-17;/h5-6,11,16H,3-4,7-10,12H2,1-2H3;1H. The van der Waals surface area contributed by atoms with Gasteiger partial charge in [-0.05, 0) is 31.5 Å². The molecule has 5 heteroatoms. The number of nitrogens with one attached hydrogen (secondary N) is 1. The van der Waals surface area contributed by atoms with Crippen LogP contribution in [0.15, 0.2) is 18.2 Å². The third kappa shape index (κ3) is 4.85.